The molecule has 140 valence electrons. The summed E-state index contributed by atoms with van der Waals surface area (Å²) >= 11 is 0. The molecule has 1 aliphatic rings. The Kier molecular flexibility index (Phi) is 5.61. The molecule has 2 atom stereocenters. The summed E-state index contributed by atoms with van der Waals surface area (Å²) in [5.41, 5.74) is 1.62. The number of aliphatic hydroxyl groups is 1. The summed E-state index contributed by atoms with van der Waals surface area (Å²) in [5.74, 6) is 0.217. The molecule has 1 saturated heterocycles. The van der Waals surface area contributed by atoms with Crippen LogP contribution in [0.15, 0.2) is 36.8 Å². The quantitative estimate of drug-likeness (QED) is 0.769. The number of sulfonamides is 1. The lowest BCUT2D eigenvalue weighted by Crippen LogP contribution is -2.33. The minimum Gasteiger partial charge on any atom is -0.391 e. The molecule has 0 unspecified atom stereocenters. The van der Waals surface area contributed by atoms with Gasteiger partial charge in [-0.25, -0.2) is 22.7 Å². The minimum atomic E-state index is -3.33. The van der Waals surface area contributed by atoms with E-state index in [0.29, 0.717) is 31.2 Å². The highest BCUT2D eigenvalue weighted by molar-refractivity contribution is 7.89. The largest absolute Gasteiger partial charge is 0.391 e. The molecular formula is C17H23N5O3S. The van der Waals surface area contributed by atoms with E-state index >= 15 is 0 Å². The smallest absolute Gasteiger partial charge is 0.214 e. The van der Waals surface area contributed by atoms with E-state index < -0.39 is 16.1 Å². The third-order valence-electron chi connectivity index (χ3n) is 4.47. The first-order chi connectivity index (χ1) is 12.3. The fourth-order valence-corrected chi connectivity index (χ4v) is 4.14. The number of hydrogen-bond donors (Lipinski definition) is 1. The first-order valence-corrected chi connectivity index (χ1v) is 9.99. The summed E-state index contributed by atoms with van der Waals surface area (Å²) in [6.07, 6.45) is 4.53. The van der Waals surface area contributed by atoms with Crippen LogP contribution in [-0.2, 0) is 16.6 Å². The molecule has 1 fully saturated rings. The summed E-state index contributed by atoms with van der Waals surface area (Å²) < 4.78 is 25.3. The van der Waals surface area contributed by atoms with Gasteiger partial charge in [0.05, 0.1) is 11.9 Å². The molecule has 2 aromatic heterocycles. The molecule has 8 nitrogen and oxygen atoms in total. The predicted octanol–water partition coefficient (Wildman–Crippen LogP) is 0.223. The Bertz CT molecular complexity index is 827. The van der Waals surface area contributed by atoms with Gasteiger partial charge < -0.3 is 5.11 Å². The maximum absolute atomic E-state index is 12.0. The van der Waals surface area contributed by atoms with E-state index in [9.17, 15) is 13.5 Å². The Labute approximate surface area is 153 Å². The molecule has 0 amide bonds. The van der Waals surface area contributed by atoms with Crippen LogP contribution in [0.4, 0.5) is 0 Å². The highest BCUT2D eigenvalue weighted by Crippen LogP contribution is 2.21. The van der Waals surface area contributed by atoms with Crippen molar-refractivity contribution in [2.24, 2.45) is 5.92 Å². The van der Waals surface area contributed by atoms with Crippen LogP contribution in [0.5, 0.6) is 0 Å². The van der Waals surface area contributed by atoms with Crippen LogP contribution >= 0.6 is 0 Å². The third kappa shape index (κ3) is 4.42. The Hall–Kier alpha value is -1.94. The van der Waals surface area contributed by atoms with E-state index in [1.54, 1.807) is 18.6 Å². The van der Waals surface area contributed by atoms with Gasteiger partial charge in [0.15, 0.2) is 5.82 Å². The second kappa shape index (κ2) is 7.75. The van der Waals surface area contributed by atoms with Gasteiger partial charge in [-0.2, -0.15) is 0 Å². The summed E-state index contributed by atoms with van der Waals surface area (Å²) in [6.45, 7) is 1.53. The number of likely N-dealkylation sites (tertiary alicyclic amines) is 1. The average molecular weight is 377 g/mol. The van der Waals surface area contributed by atoms with Crippen molar-refractivity contribution in [1.82, 2.24) is 24.2 Å². The van der Waals surface area contributed by atoms with Gasteiger partial charge in [0.1, 0.15) is 5.69 Å². The number of hydrogen-bond acceptors (Lipinski definition) is 7. The minimum absolute atomic E-state index is 0.0488. The molecule has 0 spiro atoms. The predicted molar refractivity (Wildman–Crippen MR) is 97.5 cm³/mol. The number of β-amino-alcohol motifs (C(OH)–C–C–N with tert-alkyl or cyclic N) is 1. The Morgan fingerprint density at radius 2 is 1.92 bits per heavy atom. The third-order valence-corrected chi connectivity index (χ3v) is 6.43. The van der Waals surface area contributed by atoms with Crippen LogP contribution in [0.3, 0.4) is 0 Å². The van der Waals surface area contributed by atoms with Crippen LogP contribution in [0.1, 0.15) is 5.56 Å². The molecule has 0 aliphatic carbocycles. The van der Waals surface area contributed by atoms with Gasteiger partial charge >= 0.3 is 0 Å². The standard InChI is InChI=1S/C17H23N5O3S/c1-21(2)26(24,25)12-14-10-22(11-16(14)23)9-13-7-19-17(20-8-13)15-5-3-4-6-18-15/h3-8,14,16,23H,9-12H2,1-2H3/t14-,16-/m0/s1. The summed E-state index contributed by atoms with van der Waals surface area (Å²) in [5, 5.41) is 10.2. The molecule has 26 heavy (non-hydrogen) atoms. The van der Waals surface area contributed by atoms with Gasteiger partial charge in [-0.1, -0.05) is 6.07 Å². The van der Waals surface area contributed by atoms with Crippen molar-refractivity contribution in [3.8, 4) is 11.5 Å². The van der Waals surface area contributed by atoms with Crippen molar-refractivity contribution in [3.05, 3.63) is 42.4 Å². The van der Waals surface area contributed by atoms with E-state index in [2.05, 4.69) is 15.0 Å². The topological polar surface area (TPSA) is 99.5 Å². The maximum Gasteiger partial charge on any atom is 0.214 e. The van der Waals surface area contributed by atoms with Crippen LogP contribution in [0.25, 0.3) is 11.5 Å². The Balaban J connectivity index is 1.61. The zero-order valence-corrected chi connectivity index (χ0v) is 15.7. The molecule has 2 aromatic rings. The fraction of sp³-hybridized carbons (Fsp3) is 0.471. The molecule has 1 N–H and O–H groups in total. The molecule has 9 heteroatoms. The van der Waals surface area contributed by atoms with E-state index in [1.165, 1.54) is 18.4 Å². The van der Waals surface area contributed by atoms with Crippen molar-refractivity contribution in [2.75, 3.05) is 32.9 Å². The summed E-state index contributed by atoms with van der Waals surface area (Å²) in [4.78, 5) is 14.9. The van der Waals surface area contributed by atoms with Gasteiger partial charge in [-0.15, -0.1) is 0 Å². The van der Waals surface area contributed by atoms with E-state index in [-0.39, 0.29) is 11.7 Å². The second-order valence-electron chi connectivity index (χ2n) is 6.71. The van der Waals surface area contributed by atoms with E-state index in [1.807, 2.05) is 23.1 Å². The summed E-state index contributed by atoms with van der Waals surface area (Å²) in [7, 11) is -0.314. The molecule has 3 heterocycles. The van der Waals surface area contributed by atoms with Crippen LogP contribution in [-0.4, -0.2) is 76.7 Å². The molecule has 0 bridgehead atoms. The van der Waals surface area contributed by atoms with Crippen molar-refractivity contribution in [2.45, 2.75) is 12.6 Å². The monoisotopic (exact) mass is 377 g/mol. The second-order valence-corrected chi connectivity index (χ2v) is 8.94. The van der Waals surface area contributed by atoms with Crippen LogP contribution in [0.2, 0.25) is 0 Å². The average Bonchev–Trinajstić information content (AvgIpc) is 2.94. The number of aliphatic hydroxyl groups excluding tert-OH is 1. The Morgan fingerprint density at radius 3 is 2.54 bits per heavy atom. The lowest BCUT2D eigenvalue weighted by Gasteiger charge is -2.18. The Morgan fingerprint density at radius 1 is 1.19 bits per heavy atom. The highest BCUT2D eigenvalue weighted by atomic mass is 32.2. The molecule has 0 radical (unpaired) electrons. The SMILES string of the molecule is CN(C)S(=O)(=O)C[C@@H]1CN(Cc2cnc(-c3ccccn3)nc2)C[C@@H]1O. The lowest BCUT2D eigenvalue weighted by atomic mass is 10.1. The first kappa shape index (κ1) is 18.8. The highest BCUT2D eigenvalue weighted by Gasteiger charge is 2.35. The molecular weight excluding hydrogens is 354 g/mol. The fourth-order valence-electron chi connectivity index (χ4n) is 2.98. The maximum atomic E-state index is 12.0. The van der Waals surface area contributed by atoms with Crippen LogP contribution in [0, 0.1) is 5.92 Å². The molecule has 0 aromatic carbocycles. The molecule has 0 saturated carbocycles. The number of rotatable bonds is 6. The number of pyridine rings is 1. The van der Waals surface area contributed by atoms with Crippen molar-refractivity contribution < 1.29 is 13.5 Å². The first-order valence-electron chi connectivity index (χ1n) is 8.38. The van der Waals surface area contributed by atoms with Gasteiger partial charge in [0.2, 0.25) is 10.0 Å². The van der Waals surface area contributed by atoms with Crippen LogP contribution < -0.4 is 0 Å². The normalized spacial score (nSPS) is 21.4. The van der Waals surface area contributed by atoms with Gasteiger partial charge in [-0.05, 0) is 12.1 Å². The van der Waals surface area contributed by atoms with Crippen molar-refractivity contribution >= 4 is 10.0 Å². The van der Waals surface area contributed by atoms with Crippen molar-refractivity contribution in [3.63, 3.8) is 0 Å². The van der Waals surface area contributed by atoms with E-state index in [4.69, 9.17) is 0 Å². The zero-order chi connectivity index (χ0) is 18.7. The molecule has 1 aliphatic heterocycles. The number of nitrogens with zero attached hydrogens (tertiary/aromatic N) is 5. The lowest BCUT2D eigenvalue weighted by molar-refractivity contribution is 0.148. The van der Waals surface area contributed by atoms with Gasteiger partial charge in [-0.3, -0.25) is 9.88 Å². The van der Waals surface area contributed by atoms with Gasteiger partial charge in [0.25, 0.3) is 0 Å². The van der Waals surface area contributed by atoms with Crippen molar-refractivity contribution in [1.29, 1.82) is 0 Å². The summed E-state index contributed by atoms with van der Waals surface area (Å²) in [6, 6.07) is 5.57. The van der Waals surface area contributed by atoms with E-state index in [0.717, 1.165) is 5.56 Å². The molecule has 3 rings (SSSR count). The zero-order valence-electron chi connectivity index (χ0n) is 14.9. The number of aromatic nitrogens is 3. The van der Waals surface area contributed by atoms with Gasteiger partial charge in [0, 0.05) is 63.8 Å².